The van der Waals surface area contributed by atoms with Crippen LogP contribution >= 0.6 is 11.3 Å². The van der Waals surface area contributed by atoms with Crippen LogP contribution in [0.5, 0.6) is 0 Å². The number of benzene rings is 1. The molecule has 0 spiro atoms. The van der Waals surface area contributed by atoms with Crippen LogP contribution in [0, 0.1) is 0 Å². The number of hydrogen-bond acceptors (Lipinski definition) is 4. The highest BCUT2D eigenvalue weighted by Crippen LogP contribution is 2.31. The van der Waals surface area contributed by atoms with Crippen LogP contribution in [0.3, 0.4) is 0 Å². The predicted octanol–water partition coefficient (Wildman–Crippen LogP) is 3.40. The fraction of sp³-hybridized carbons (Fsp3) is 0.0769. The normalized spacial score (nSPS) is 10.6. The Morgan fingerprint density at radius 1 is 1.18 bits per heavy atom. The maximum Gasteiger partial charge on any atom is 0.222 e. The molecule has 1 aromatic carbocycles. The third-order valence-corrected chi connectivity index (χ3v) is 3.60. The summed E-state index contributed by atoms with van der Waals surface area (Å²) < 4.78 is 1.27. The molecule has 2 heterocycles. The van der Waals surface area contributed by atoms with E-state index in [2.05, 4.69) is 44.9 Å². The van der Waals surface area contributed by atoms with Gasteiger partial charge in [0.15, 0.2) is 0 Å². The predicted molar refractivity (Wildman–Crippen MR) is 72.4 cm³/mol. The molecule has 0 aliphatic carbocycles. The zero-order chi connectivity index (χ0) is 11.7. The first kappa shape index (κ1) is 10.2. The number of hydrogen-bond donors (Lipinski definition) is 1. The Hall–Kier alpha value is -1.94. The van der Waals surface area contributed by atoms with Crippen LogP contribution in [-0.4, -0.2) is 17.0 Å². The van der Waals surface area contributed by atoms with E-state index in [1.54, 1.807) is 17.5 Å². The summed E-state index contributed by atoms with van der Waals surface area (Å²) in [6.07, 6.45) is 1.78. The van der Waals surface area contributed by atoms with Gasteiger partial charge < -0.3 is 5.32 Å². The number of nitrogens with zero attached hydrogens (tertiary/aromatic N) is 2. The molecule has 0 saturated carbocycles. The Morgan fingerprint density at radius 2 is 2.12 bits per heavy atom. The number of aromatic nitrogens is 2. The standard InChI is InChI=1S/C13H11N3S/c1-14-13-15-7-5-11(16-13)10-4-2-3-9-6-8-17-12(9)10/h2-8H,1H3,(H,14,15,16). The third kappa shape index (κ3) is 1.76. The summed E-state index contributed by atoms with van der Waals surface area (Å²) in [7, 11) is 1.82. The number of rotatable bonds is 2. The highest BCUT2D eigenvalue weighted by molar-refractivity contribution is 7.17. The molecule has 0 aliphatic rings. The zero-order valence-corrected chi connectivity index (χ0v) is 10.2. The molecular formula is C13H11N3S. The molecule has 4 heteroatoms. The van der Waals surface area contributed by atoms with E-state index >= 15 is 0 Å². The average molecular weight is 241 g/mol. The lowest BCUT2D eigenvalue weighted by atomic mass is 10.1. The van der Waals surface area contributed by atoms with Gasteiger partial charge in [0.2, 0.25) is 5.95 Å². The van der Waals surface area contributed by atoms with Gasteiger partial charge in [0.1, 0.15) is 0 Å². The molecule has 0 aliphatic heterocycles. The molecule has 0 bridgehead atoms. The van der Waals surface area contributed by atoms with E-state index in [0.29, 0.717) is 5.95 Å². The van der Waals surface area contributed by atoms with Gasteiger partial charge in [-0.25, -0.2) is 9.97 Å². The molecule has 0 unspecified atom stereocenters. The molecule has 0 fully saturated rings. The zero-order valence-electron chi connectivity index (χ0n) is 9.34. The third-order valence-electron chi connectivity index (χ3n) is 2.63. The summed E-state index contributed by atoms with van der Waals surface area (Å²) >= 11 is 1.74. The Balaban J connectivity index is 2.23. The number of thiophene rings is 1. The fourth-order valence-corrected chi connectivity index (χ4v) is 2.75. The lowest BCUT2D eigenvalue weighted by Gasteiger charge is -2.04. The Bertz CT molecular complexity index is 660. The summed E-state index contributed by atoms with van der Waals surface area (Å²) in [5, 5.41) is 6.33. The van der Waals surface area contributed by atoms with Crippen LogP contribution in [0.1, 0.15) is 0 Å². The highest BCUT2D eigenvalue weighted by Gasteiger charge is 2.06. The maximum absolute atomic E-state index is 4.48. The topological polar surface area (TPSA) is 37.8 Å². The van der Waals surface area contributed by atoms with Gasteiger partial charge in [0, 0.05) is 23.5 Å². The second-order valence-corrected chi connectivity index (χ2v) is 4.58. The van der Waals surface area contributed by atoms with Crippen molar-refractivity contribution in [1.29, 1.82) is 0 Å². The smallest absolute Gasteiger partial charge is 0.222 e. The van der Waals surface area contributed by atoms with Gasteiger partial charge in [-0.05, 0) is 22.9 Å². The first-order chi connectivity index (χ1) is 8.38. The van der Waals surface area contributed by atoms with Gasteiger partial charge in [0.25, 0.3) is 0 Å². The Morgan fingerprint density at radius 3 is 3.00 bits per heavy atom. The molecule has 0 saturated heterocycles. The van der Waals surface area contributed by atoms with Gasteiger partial charge >= 0.3 is 0 Å². The van der Waals surface area contributed by atoms with Gasteiger partial charge in [0.05, 0.1) is 5.69 Å². The van der Waals surface area contributed by atoms with Crippen LogP contribution in [-0.2, 0) is 0 Å². The van der Waals surface area contributed by atoms with E-state index in [1.807, 2.05) is 13.1 Å². The minimum atomic E-state index is 0.649. The molecule has 2 aromatic heterocycles. The average Bonchev–Trinajstić information content (AvgIpc) is 2.87. The monoisotopic (exact) mass is 241 g/mol. The lowest BCUT2D eigenvalue weighted by molar-refractivity contribution is 1.16. The fourth-order valence-electron chi connectivity index (χ4n) is 1.82. The second-order valence-electron chi connectivity index (χ2n) is 3.66. The molecular weight excluding hydrogens is 230 g/mol. The van der Waals surface area contributed by atoms with Crippen molar-refractivity contribution >= 4 is 27.4 Å². The summed E-state index contributed by atoms with van der Waals surface area (Å²) in [4.78, 5) is 8.61. The summed E-state index contributed by atoms with van der Waals surface area (Å²) in [6, 6.07) is 10.3. The molecule has 17 heavy (non-hydrogen) atoms. The Labute approximate surface area is 103 Å². The first-order valence-electron chi connectivity index (χ1n) is 5.36. The van der Waals surface area contributed by atoms with Gasteiger partial charge in [-0.1, -0.05) is 18.2 Å². The summed E-state index contributed by atoms with van der Waals surface area (Å²) in [6.45, 7) is 0. The van der Waals surface area contributed by atoms with E-state index in [4.69, 9.17) is 0 Å². The molecule has 84 valence electrons. The van der Waals surface area contributed by atoms with Crippen LogP contribution in [0.4, 0.5) is 5.95 Å². The van der Waals surface area contributed by atoms with E-state index in [-0.39, 0.29) is 0 Å². The molecule has 0 amide bonds. The van der Waals surface area contributed by atoms with Crippen LogP contribution in [0.25, 0.3) is 21.3 Å². The Kier molecular flexibility index (Phi) is 2.49. The van der Waals surface area contributed by atoms with Gasteiger partial charge in [-0.3, -0.25) is 0 Å². The van der Waals surface area contributed by atoms with Gasteiger partial charge in [-0.2, -0.15) is 0 Å². The van der Waals surface area contributed by atoms with E-state index in [0.717, 1.165) is 11.3 Å². The first-order valence-corrected chi connectivity index (χ1v) is 6.24. The highest BCUT2D eigenvalue weighted by atomic mass is 32.1. The SMILES string of the molecule is CNc1nccc(-c2cccc3ccsc23)n1. The van der Waals surface area contributed by atoms with Crippen molar-refractivity contribution in [1.82, 2.24) is 9.97 Å². The van der Waals surface area contributed by atoms with Crippen LogP contribution in [0.15, 0.2) is 41.9 Å². The van der Waals surface area contributed by atoms with E-state index < -0.39 is 0 Å². The lowest BCUT2D eigenvalue weighted by Crippen LogP contribution is -1.96. The number of fused-ring (bicyclic) bond motifs is 1. The van der Waals surface area contributed by atoms with Crippen molar-refractivity contribution in [3.63, 3.8) is 0 Å². The molecule has 3 nitrogen and oxygen atoms in total. The van der Waals surface area contributed by atoms with Crippen LogP contribution in [0.2, 0.25) is 0 Å². The van der Waals surface area contributed by atoms with Gasteiger partial charge in [-0.15, -0.1) is 11.3 Å². The summed E-state index contributed by atoms with van der Waals surface area (Å²) in [5.41, 5.74) is 2.12. The van der Waals surface area contributed by atoms with Crippen molar-refractivity contribution in [2.75, 3.05) is 12.4 Å². The number of nitrogens with one attached hydrogen (secondary N) is 1. The minimum Gasteiger partial charge on any atom is -0.357 e. The number of anilines is 1. The van der Waals surface area contributed by atoms with E-state index in [1.165, 1.54) is 10.1 Å². The van der Waals surface area contributed by atoms with Crippen molar-refractivity contribution < 1.29 is 0 Å². The molecule has 3 rings (SSSR count). The maximum atomic E-state index is 4.48. The quantitative estimate of drug-likeness (QED) is 0.747. The summed E-state index contributed by atoms with van der Waals surface area (Å²) in [5.74, 6) is 0.649. The van der Waals surface area contributed by atoms with E-state index in [9.17, 15) is 0 Å². The van der Waals surface area contributed by atoms with Crippen molar-refractivity contribution in [3.8, 4) is 11.3 Å². The van der Waals surface area contributed by atoms with Crippen LogP contribution < -0.4 is 5.32 Å². The van der Waals surface area contributed by atoms with Crippen molar-refractivity contribution in [2.24, 2.45) is 0 Å². The largest absolute Gasteiger partial charge is 0.357 e. The molecule has 3 aromatic rings. The molecule has 1 N–H and O–H groups in total. The minimum absolute atomic E-state index is 0.649. The molecule has 0 radical (unpaired) electrons. The van der Waals surface area contributed by atoms with Crippen molar-refractivity contribution in [3.05, 3.63) is 41.9 Å². The van der Waals surface area contributed by atoms with Crippen molar-refractivity contribution in [2.45, 2.75) is 0 Å². The molecule has 0 atom stereocenters. The second kappa shape index (κ2) is 4.14.